The van der Waals surface area contributed by atoms with Crippen molar-refractivity contribution in [3.05, 3.63) is 34.4 Å². The van der Waals surface area contributed by atoms with Crippen molar-refractivity contribution in [2.75, 3.05) is 0 Å². The average Bonchev–Trinajstić information content (AvgIpc) is 2.14. The van der Waals surface area contributed by atoms with Crippen LogP contribution in [0.3, 0.4) is 0 Å². The number of aryl methyl sites for hydroxylation is 3. The maximum atomic E-state index is 12.0. The first-order chi connectivity index (χ1) is 7.82. The third kappa shape index (κ3) is 3.16. The van der Waals surface area contributed by atoms with Gasteiger partial charge in [-0.05, 0) is 45.7 Å². The van der Waals surface area contributed by atoms with Crippen LogP contribution in [0.5, 0.6) is 0 Å². The normalized spacial score (nSPS) is 10.5. The summed E-state index contributed by atoms with van der Waals surface area (Å²) in [4.78, 5) is 23.7. The Balaban J connectivity index is 3.09. The number of benzene rings is 1. The molecule has 0 saturated heterocycles. The van der Waals surface area contributed by atoms with Crippen molar-refractivity contribution in [2.45, 2.75) is 40.7 Å². The number of hydrogen-bond acceptors (Lipinski definition) is 2. The van der Waals surface area contributed by atoms with E-state index in [0.29, 0.717) is 5.56 Å². The lowest BCUT2D eigenvalue weighted by Gasteiger charge is -2.11. The lowest BCUT2D eigenvalue weighted by Crippen LogP contribution is -2.36. The Labute approximate surface area is 102 Å². The summed E-state index contributed by atoms with van der Waals surface area (Å²) >= 11 is 0. The van der Waals surface area contributed by atoms with E-state index < -0.39 is 11.7 Å². The van der Waals surface area contributed by atoms with Gasteiger partial charge in [0.25, 0.3) is 11.7 Å². The Morgan fingerprint density at radius 1 is 1.06 bits per heavy atom. The lowest BCUT2D eigenvalue weighted by molar-refractivity contribution is -0.117. The van der Waals surface area contributed by atoms with Crippen LogP contribution in [-0.4, -0.2) is 17.7 Å². The Morgan fingerprint density at radius 2 is 1.53 bits per heavy atom. The highest BCUT2D eigenvalue weighted by Crippen LogP contribution is 2.17. The highest BCUT2D eigenvalue weighted by molar-refractivity contribution is 6.43. The highest BCUT2D eigenvalue weighted by Gasteiger charge is 2.20. The minimum absolute atomic E-state index is 0.0301. The van der Waals surface area contributed by atoms with Crippen LogP contribution in [0.4, 0.5) is 0 Å². The van der Waals surface area contributed by atoms with Gasteiger partial charge in [0.15, 0.2) is 0 Å². The largest absolute Gasteiger partial charge is 0.347 e. The lowest BCUT2D eigenvalue weighted by atomic mass is 9.96. The summed E-state index contributed by atoms with van der Waals surface area (Å²) in [5.41, 5.74) is 3.33. The standard InChI is InChI=1S/C14H19NO2/c1-8(2)15-14(17)13(16)12-10(4)6-9(3)7-11(12)5/h6-8H,1-5H3,(H,15,17). The molecule has 0 atom stereocenters. The smallest absolute Gasteiger partial charge is 0.292 e. The Bertz CT molecular complexity index is 438. The maximum absolute atomic E-state index is 12.0. The number of nitrogens with one attached hydrogen (secondary N) is 1. The van der Waals surface area contributed by atoms with Crippen LogP contribution in [0.2, 0.25) is 0 Å². The zero-order valence-corrected chi connectivity index (χ0v) is 11.0. The molecule has 0 aliphatic heterocycles. The van der Waals surface area contributed by atoms with Crippen molar-refractivity contribution in [1.82, 2.24) is 5.32 Å². The summed E-state index contributed by atoms with van der Waals surface area (Å²) in [6.07, 6.45) is 0. The fraction of sp³-hybridized carbons (Fsp3) is 0.429. The van der Waals surface area contributed by atoms with E-state index >= 15 is 0 Å². The SMILES string of the molecule is Cc1cc(C)c(C(=O)C(=O)NC(C)C)c(C)c1. The minimum Gasteiger partial charge on any atom is -0.347 e. The Morgan fingerprint density at radius 3 is 1.94 bits per heavy atom. The van der Waals surface area contributed by atoms with Gasteiger partial charge in [-0.15, -0.1) is 0 Å². The molecule has 1 aromatic rings. The molecule has 0 bridgehead atoms. The number of carbonyl (C=O) groups excluding carboxylic acids is 2. The number of carbonyl (C=O) groups is 2. The molecule has 0 fully saturated rings. The average molecular weight is 233 g/mol. The fourth-order valence-electron chi connectivity index (χ4n) is 1.98. The van der Waals surface area contributed by atoms with Crippen LogP contribution >= 0.6 is 0 Å². The van der Waals surface area contributed by atoms with Crippen LogP contribution in [-0.2, 0) is 4.79 Å². The molecule has 0 heterocycles. The third-order valence-corrected chi connectivity index (χ3v) is 2.53. The molecule has 0 aliphatic rings. The van der Waals surface area contributed by atoms with Crippen molar-refractivity contribution in [3.8, 4) is 0 Å². The zero-order valence-electron chi connectivity index (χ0n) is 11.0. The second-order valence-corrected chi connectivity index (χ2v) is 4.73. The molecule has 0 spiro atoms. The molecule has 0 radical (unpaired) electrons. The quantitative estimate of drug-likeness (QED) is 0.643. The molecule has 0 aromatic heterocycles. The van der Waals surface area contributed by atoms with Gasteiger partial charge in [0, 0.05) is 11.6 Å². The number of Topliss-reactive ketones (excluding diaryl/α,β-unsaturated/α-hetero) is 1. The molecular weight excluding hydrogens is 214 g/mol. The van der Waals surface area contributed by atoms with E-state index in [0.717, 1.165) is 16.7 Å². The first kappa shape index (κ1) is 13.4. The van der Waals surface area contributed by atoms with E-state index in [4.69, 9.17) is 0 Å². The van der Waals surface area contributed by atoms with Crippen LogP contribution in [0.15, 0.2) is 12.1 Å². The molecule has 1 aromatic carbocycles. The van der Waals surface area contributed by atoms with Crippen LogP contribution in [0.1, 0.15) is 40.9 Å². The van der Waals surface area contributed by atoms with Gasteiger partial charge >= 0.3 is 0 Å². The predicted molar refractivity (Wildman–Crippen MR) is 68.3 cm³/mol. The second kappa shape index (κ2) is 5.13. The molecule has 1 N–H and O–H groups in total. The summed E-state index contributed by atoms with van der Waals surface area (Å²) in [6, 6.07) is 3.81. The van der Waals surface area contributed by atoms with E-state index in [9.17, 15) is 9.59 Å². The Hall–Kier alpha value is -1.64. The molecule has 92 valence electrons. The molecule has 0 aliphatic carbocycles. The monoisotopic (exact) mass is 233 g/mol. The number of amides is 1. The molecule has 3 heteroatoms. The van der Waals surface area contributed by atoms with Gasteiger partial charge in [-0.3, -0.25) is 9.59 Å². The maximum Gasteiger partial charge on any atom is 0.292 e. The van der Waals surface area contributed by atoms with E-state index in [2.05, 4.69) is 5.32 Å². The first-order valence-corrected chi connectivity index (χ1v) is 5.76. The van der Waals surface area contributed by atoms with Crippen molar-refractivity contribution in [3.63, 3.8) is 0 Å². The summed E-state index contributed by atoms with van der Waals surface area (Å²) < 4.78 is 0. The topological polar surface area (TPSA) is 46.2 Å². The minimum atomic E-state index is -0.532. The second-order valence-electron chi connectivity index (χ2n) is 4.73. The van der Waals surface area contributed by atoms with Crippen LogP contribution in [0, 0.1) is 20.8 Å². The predicted octanol–water partition coefficient (Wildman–Crippen LogP) is 2.32. The van der Waals surface area contributed by atoms with E-state index in [-0.39, 0.29) is 6.04 Å². The number of hydrogen-bond donors (Lipinski definition) is 1. The third-order valence-electron chi connectivity index (χ3n) is 2.53. The fourth-order valence-corrected chi connectivity index (χ4v) is 1.98. The molecule has 1 amide bonds. The zero-order chi connectivity index (χ0) is 13.2. The Kier molecular flexibility index (Phi) is 4.05. The summed E-state index contributed by atoms with van der Waals surface area (Å²) in [6.45, 7) is 9.36. The highest BCUT2D eigenvalue weighted by atomic mass is 16.2. The van der Waals surface area contributed by atoms with Gasteiger partial charge in [0.1, 0.15) is 0 Å². The van der Waals surface area contributed by atoms with E-state index in [1.807, 2.05) is 46.8 Å². The van der Waals surface area contributed by atoms with E-state index in [1.54, 1.807) is 0 Å². The van der Waals surface area contributed by atoms with Crippen molar-refractivity contribution in [2.24, 2.45) is 0 Å². The van der Waals surface area contributed by atoms with Gasteiger partial charge in [-0.2, -0.15) is 0 Å². The number of rotatable bonds is 3. The van der Waals surface area contributed by atoms with Gasteiger partial charge in [-0.25, -0.2) is 0 Å². The van der Waals surface area contributed by atoms with Crippen molar-refractivity contribution in [1.29, 1.82) is 0 Å². The molecule has 3 nitrogen and oxygen atoms in total. The van der Waals surface area contributed by atoms with Gasteiger partial charge in [0.2, 0.25) is 0 Å². The van der Waals surface area contributed by atoms with Gasteiger partial charge in [-0.1, -0.05) is 17.7 Å². The van der Waals surface area contributed by atoms with Gasteiger partial charge in [0.05, 0.1) is 0 Å². The summed E-state index contributed by atoms with van der Waals surface area (Å²) in [7, 11) is 0. The van der Waals surface area contributed by atoms with E-state index in [1.165, 1.54) is 0 Å². The summed E-state index contributed by atoms with van der Waals surface area (Å²) in [5.74, 6) is -0.983. The summed E-state index contributed by atoms with van der Waals surface area (Å²) in [5, 5.41) is 2.62. The molecular formula is C14H19NO2. The molecule has 1 rings (SSSR count). The van der Waals surface area contributed by atoms with Crippen LogP contribution < -0.4 is 5.32 Å². The van der Waals surface area contributed by atoms with Gasteiger partial charge < -0.3 is 5.32 Å². The van der Waals surface area contributed by atoms with Crippen LogP contribution in [0.25, 0.3) is 0 Å². The van der Waals surface area contributed by atoms with Crippen molar-refractivity contribution < 1.29 is 9.59 Å². The molecule has 0 unspecified atom stereocenters. The number of ketones is 1. The molecule has 0 saturated carbocycles. The van der Waals surface area contributed by atoms with Crippen molar-refractivity contribution >= 4 is 11.7 Å². The molecule has 17 heavy (non-hydrogen) atoms. The first-order valence-electron chi connectivity index (χ1n) is 5.76.